The van der Waals surface area contributed by atoms with Gasteiger partial charge in [0, 0.05) is 23.8 Å². The third-order valence-corrected chi connectivity index (χ3v) is 6.92. The van der Waals surface area contributed by atoms with Crippen molar-refractivity contribution in [2.45, 2.75) is 65.5 Å². The molecule has 0 bridgehead atoms. The normalized spacial score (nSPS) is 14.5. The smallest absolute Gasteiger partial charge is 0.354 e. The zero-order valence-electron chi connectivity index (χ0n) is 18.2. The Morgan fingerprint density at radius 3 is 2.47 bits per heavy atom. The largest absolute Gasteiger partial charge is 0.464 e. The highest BCUT2D eigenvalue weighted by Gasteiger charge is 2.32. The maximum absolute atomic E-state index is 13.4. The van der Waals surface area contributed by atoms with Gasteiger partial charge in [-0.25, -0.2) is 4.79 Å². The van der Waals surface area contributed by atoms with E-state index in [1.807, 2.05) is 35.9 Å². The van der Waals surface area contributed by atoms with Crippen molar-refractivity contribution in [1.29, 1.82) is 0 Å². The minimum absolute atomic E-state index is 0.0252. The first-order valence-electron chi connectivity index (χ1n) is 10.6. The van der Waals surface area contributed by atoms with Crippen LogP contribution in [0.3, 0.4) is 0 Å². The van der Waals surface area contributed by atoms with Gasteiger partial charge in [0.25, 0.3) is 5.91 Å². The van der Waals surface area contributed by atoms with Crippen LogP contribution >= 0.6 is 11.3 Å². The molecule has 0 unspecified atom stereocenters. The highest BCUT2D eigenvalue weighted by atomic mass is 32.1. The molecule has 0 aliphatic heterocycles. The number of methoxy groups -OCH3 is 1. The summed E-state index contributed by atoms with van der Waals surface area (Å²) in [6.45, 7) is 6.15. The first-order valence-corrected chi connectivity index (χ1v) is 11.4. The van der Waals surface area contributed by atoms with Gasteiger partial charge in [-0.15, -0.1) is 11.3 Å². The topological polar surface area (TPSA) is 68.6 Å². The Hall–Kier alpha value is -2.41. The van der Waals surface area contributed by atoms with Crippen LogP contribution < -0.4 is 0 Å². The summed E-state index contributed by atoms with van der Waals surface area (Å²) in [4.78, 5) is 41.4. The molecule has 7 heteroatoms. The SMILES string of the molecule is CCn1c(C)c(C(=O)CN(C(=O)c2cccs2)C2CCCCC2)c(C)c1C(=O)OC. The lowest BCUT2D eigenvalue weighted by molar-refractivity contribution is 0.0585. The number of nitrogens with zero attached hydrogens (tertiary/aromatic N) is 2. The monoisotopic (exact) mass is 430 g/mol. The predicted molar refractivity (Wildman–Crippen MR) is 117 cm³/mol. The predicted octanol–water partition coefficient (Wildman–Crippen LogP) is 4.63. The Kier molecular flexibility index (Phi) is 7.13. The summed E-state index contributed by atoms with van der Waals surface area (Å²) in [6, 6.07) is 3.75. The number of Topliss-reactive ketones (excluding diaryl/α,β-unsaturated/α-hetero) is 1. The van der Waals surface area contributed by atoms with E-state index in [-0.39, 0.29) is 24.3 Å². The Bertz CT molecular complexity index is 924. The molecular formula is C23H30N2O4S. The van der Waals surface area contributed by atoms with Crippen molar-refractivity contribution < 1.29 is 19.1 Å². The number of thiophene rings is 1. The Balaban J connectivity index is 1.95. The number of carbonyl (C=O) groups excluding carboxylic acids is 3. The molecule has 0 aromatic carbocycles. The van der Waals surface area contributed by atoms with Gasteiger partial charge < -0.3 is 14.2 Å². The minimum Gasteiger partial charge on any atom is -0.464 e. The van der Waals surface area contributed by atoms with Gasteiger partial charge in [0.15, 0.2) is 5.78 Å². The number of rotatable bonds is 7. The van der Waals surface area contributed by atoms with E-state index in [9.17, 15) is 14.4 Å². The van der Waals surface area contributed by atoms with E-state index in [1.165, 1.54) is 24.9 Å². The molecule has 1 amide bonds. The molecule has 2 aromatic rings. The number of ether oxygens (including phenoxy) is 1. The van der Waals surface area contributed by atoms with Crippen molar-refractivity contribution in [3.63, 3.8) is 0 Å². The molecule has 162 valence electrons. The van der Waals surface area contributed by atoms with Crippen LogP contribution in [0, 0.1) is 13.8 Å². The lowest BCUT2D eigenvalue weighted by Gasteiger charge is -2.33. The fourth-order valence-corrected chi connectivity index (χ4v) is 5.27. The van der Waals surface area contributed by atoms with E-state index in [2.05, 4.69) is 0 Å². The Labute approximate surface area is 181 Å². The molecule has 0 N–H and O–H groups in total. The van der Waals surface area contributed by atoms with Crippen LogP contribution in [0.1, 0.15) is 80.8 Å². The van der Waals surface area contributed by atoms with Crippen LogP contribution in [0.15, 0.2) is 17.5 Å². The van der Waals surface area contributed by atoms with Gasteiger partial charge in [0.2, 0.25) is 0 Å². The average Bonchev–Trinajstić information content (AvgIpc) is 3.37. The van der Waals surface area contributed by atoms with Gasteiger partial charge in [-0.1, -0.05) is 25.3 Å². The Morgan fingerprint density at radius 2 is 1.90 bits per heavy atom. The van der Waals surface area contributed by atoms with Crippen molar-refractivity contribution in [1.82, 2.24) is 9.47 Å². The molecule has 6 nitrogen and oxygen atoms in total. The molecule has 2 aromatic heterocycles. The van der Waals surface area contributed by atoms with E-state index in [1.54, 1.807) is 11.8 Å². The zero-order valence-corrected chi connectivity index (χ0v) is 19.0. The van der Waals surface area contributed by atoms with Gasteiger partial charge in [-0.3, -0.25) is 9.59 Å². The summed E-state index contributed by atoms with van der Waals surface area (Å²) in [5.74, 6) is -0.656. The van der Waals surface area contributed by atoms with Gasteiger partial charge in [-0.05, 0) is 50.6 Å². The lowest BCUT2D eigenvalue weighted by Crippen LogP contribution is -2.44. The summed E-state index contributed by atoms with van der Waals surface area (Å²) >= 11 is 1.40. The first kappa shape index (κ1) is 22.3. The summed E-state index contributed by atoms with van der Waals surface area (Å²) < 4.78 is 6.76. The number of ketones is 1. The first-order chi connectivity index (χ1) is 14.4. The number of amides is 1. The van der Waals surface area contributed by atoms with Crippen molar-refractivity contribution in [2.24, 2.45) is 0 Å². The molecule has 1 aliphatic rings. The summed E-state index contributed by atoms with van der Waals surface area (Å²) in [5, 5.41) is 1.88. The average molecular weight is 431 g/mol. The molecule has 1 aliphatic carbocycles. The molecule has 2 heterocycles. The molecule has 1 saturated carbocycles. The number of hydrogen-bond donors (Lipinski definition) is 0. The summed E-state index contributed by atoms with van der Waals surface area (Å²) in [7, 11) is 1.34. The van der Waals surface area contributed by atoms with E-state index in [4.69, 9.17) is 4.74 Å². The van der Waals surface area contributed by atoms with Crippen LogP contribution in [0.5, 0.6) is 0 Å². The van der Waals surface area contributed by atoms with Crippen LogP contribution in [0.25, 0.3) is 0 Å². The fourth-order valence-electron chi connectivity index (χ4n) is 4.60. The summed E-state index contributed by atoms with van der Waals surface area (Å²) in [5.41, 5.74) is 2.30. The van der Waals surface area contributed by atoms with Gasteiger partial charge >= 0.3 is 5.97 Å². The van der Waals surface area contributed by atoms with Gasteiger partial charge in [0.1, 0.15) is 5.69 Å². The van der Waals surface area contributed by atoms with Crippen molar-refractivity contribution in [3.8, 4) is 0 Å². The quantitative estimate of drug-likeness (QED) is 0.474. The maximum Gasteiger partial charge on any atom is 0.354 e. The Morgan fingerprint density at radius 1 is 1.20 bits per heavy atom. The lowest BCUT2D eigenvalue weighted by atomic mass is 9.93. The second-order valence-electron chi connectivity index (χ2n) is 7.80. The minimum atomic E-state index is -0.449. The van der Waals surface area contributed by atoms with Crippen molar-refractivity contribution in [3.05, 3.63) is 44.9 Å². The second kappa shape index (κ2) is 9.60. The fraction of sp³-hybridized carbons (Fsp3) is 0.522. The van der Waals surface area contributed by atoms with E-state index >= 15 is 0 Å². The van der Waals surface area contributed by atoms with Crippen LogP contribution in [-0.2, 0) is 11.3 Å². The van der Waals surface area contributed by atoms with Gasteiger partial charge in [-0.2, -0.15) is 0 Å². The standard InChI is InChI=1S/C23H30N2O4S/c1-5-24-16(3)20(15(2)21(24)23(28)29-4)18(26)14-25(17-10-7-6-8-11-17)22(27)19-12-9-13-30-19/h9,12-13,17H,5-8,10-11,14H2,1-4H3. The highest BCUT2D eigenvalue weighted by Crippen LogP contribution is 2.28. The van der Waals surface area contributed by atoms with Crippen LogP contribution in [0.4, 0.5) is 0 Å². The summed E-state index contributed by atoms with van der Waals surface area (Å²) in [6.07, 6.45) is 5.16. The molecule has 30 heavy (non-hydrogen) atoms. The number of hydrogen-bond acceptors (Lipinski definition) is 5. The number of aromatic nitrogens is 1. The third-order valence-electron chi connectivity index (χ3n) is 6.06. The van der Waals surface area contributed by atoms with E-state index in [0.29, 0.717) is 28.2 Å². The second-order valence-corrected chi connectivity index (χ2v) is 8.74. The molecular weight excluding hydrogens is 400 g/mol. The van der Waals surface area contributed by atoms with Crippen molar-refractivity contribution >= 4 is 29.0 Å². The highest BCUT2D eigenvalue weighted by molar-refractivity contribution is 7.12. The van der Waals surface area contributed by atoms with Crippen LogP contribution in [-0.4, -0.2) is 46.8 Å². The molecule has 0 saturated heterocycles. The molecule has 0 spiro atoms. The molecule has 1 fully saturated rings. The zero-order chi connectivity index (χ0) is 21.8. The van der Waals surface area contributed by atoms with Crippen LogP contribution in [0.2, 0.25) is 0 Å². The van der Waals surface area contributed by atoms with Crippen molar-refractivity contribution in [2.75, 3.05) is 13.7 Å². The third kappa shape index (κ3) is 4.21. The molecule has 3 rings (SSSR count). The molecule has 0 radical (unpaired) electrons. The van der Waals surface area contributed by atoms with E-state index in [0.717, 1.165) is 31.4 Å². The molecule has 0 atom stereocenters. The van der Waals surface area contributed by atoms with E-state index < -0.39 is 5.97 Å². The maximum atomic E-state index is 13.4. The number of esters is 1. The number of carbonyl (C=O) groups is 3. The van der Waals surface area contributed by atoms with Gasteiger partial charge in [0.05, 0.1) is 18.5 Å².